The monoisotopic (exact) mass is 260 g/mol. The molecule has 104 valence electrons. The molecule has 19 heavy (non-hydrogen) atoms. The molecule has 4 nitrogen and oxygen atoms in total. The van der Waals surface area contributed by atoms with Crippen LogP contribution in [-0.2, 0) is 6.42 Å². The van der Waals surface area contributed by atoms with Crippen LogP contribution in [0.5, 0.6) is 0 Å². The average Bonchev–Trinajstić information content (AvgIpc) is 2.39. The van der Waals surface area contributed by atoms with Crippen molar-refractivity contribution in [3.8, 4) is 0 Å². The van der Waals surface area contributed by atoms with Crippen molar-refractivity contribution in [1.82, 2.24) is 15.0 Å². The third-order valence-electron chi connectivity index (χ3n) is 2.67. The van der Waals surface area contributed by atoms with Crippen molar-refractivity contribution in [3.63, 3.8) is 0 Å². The Labute approximate surface area is 115 Å². The van der Waals surface area contributed by atoms with Gasteiger partial charge in [0.05, 0.1) is 16.6 Å². The fourth-order valence-corrected chi connectivity index (χ4v) is 2.03. The summed E-state index contributed by atoms with van der Waals surface area (Å²) in [6.07, 6.45) is 0.892. The van der Waals surface area contributed by atoms with Crippen LogP contribution in [0.3, 0.4) is 0 Å². The molecule has 2 rings (SSSR count). The largest absolute Gasteiger partial charge is 0.370 e. The van der Waals surface area contributed by atoms with Crippen LogP contribution in [0.25, 0.3) is 10.9 Å². The van der Waals surface area contributed by atoms with E-state index in [4.69, 9.17) is 0 Å². The van der Waals surface area contributed by atoms with Crippen molar-refractivity contribution in [2.45, 2.75) is 48.0 Å². The summed E-state index contributed by atoms with van der Waals surface area (Å²) in [4.78, 5) is 13.5. The van der Waals surface area contributed by atoms with Crippen LogP contribution in [-0.4, -0.2) is 21.5 Å². The van der Waals surface area contributed by atoms with Crippen LogP contribution in [0, 0.1) is 13.8 Å². The molecular formula is C15H24N4. The number of rotatable bonds is 3. The molecule has 2 heterocycles. The Morgan fingerprint density at radius 3 is 2.32 bits per heavy atom. The highest BCUT2D eigenvalue weighted by Crippen LogP contribution is 2.24. The predicted molar refractivity (Wildman–Crippen MR) is 81.7 cm³/mol. The first-order valence-corrected chi connectivity index (χ1v) is 7.04. The molecule has 0 bridgehead atoms. The van der Waals surface area contributed by atoms with Crippen LogP contribution >= 0.6 is 0 Å². The molecule has 0 atom stereocenters. The van der Waals surface area contributed by atoms with Gasteiger partial charge >= 0.3 is 0 Å². The van der Waals surface area contributed by atoms with Crippen molar-refractivity contribution in [1.29, 1.82) is 0 Å². The van der Waals surface area contributed by atoms with Gasteiger partial charge in [-0.3, -0.25) is 4.98 Å². The highest BCUT2D eigenvalue weighted by atomic mass is 15.0. The van der Waals surface area contributed by atoms with E-state index in [2.05, 4.69) is 34.1 Å². The quantitative estimate of drug-likeness (QED) is 0.915. The SMILES string of the molecule is CC.CCNc1nc(C)nc2cc(C)nc(CC)c12. The van der Waals surface area contributed by atoms with Crippen LogP contribution in [0.2, 0.25) is 0 Å². The van der Waals surface area contributed by atoms with E-state index in [0.29, 0.717) is 0 Å². The zero-order valence-electron chi connectivity index (χ0n) is 12.8. The number of hydrogen-bond acceptors (Lipinski definition) is 4. The summed E-state index contributed by atoms with van der Waals surface area (Å²) in [5.74, 6) is 1.69. The Hall–Kier alpha value is -1.71. The molecule has 0 saturated heterocycles. The lowest BCUT2D eigenvalue weighted by Crippen LogP contribution is -2.06. The third kappa shape index (κ3) is 3.40. The van der Waals surface area contributed by atoms with Gasteiger partial charge < -0.3 is 5.32 Å². The van der Waals surface area contributed by atoms with E-state index in [1.165, 1.54) is 0 Å². The van der Waals surface area contributed by atoms with Crippen LogP contribution in [0.15, 0.2) is 6.07 Å². The normalized spacial score (nSPS) is 10.0. The fraction of sp³-hybridized carbons (Fsp3) is 0.533. The lowest BCUT2D eigenvalue weighted by molar-refractivity contribution is 1.00. The van der Waals surface area contributed by atoms with Gasteiger partial charge in [-0.25, -0.2) is 9.97 Å². The van der Waals surface area contributed by atoms with Gasteiger partial charge in [0.1, 0.15) is 11.6 Å². The molecule has 0 radical (unpaired) electrons. The number of fused-ring (bicyclic) bond motifs is 1. The minimum absolute atomic E-state index is 0.793. The van der Waals surface area contributed by atoms with Gasteiger partial charge in [0.2, 0.25) is 0 Å². The molecule has 0 aliphatic carbocycles. The lowest BCUT2D eigenvalue weighted by Gasteiger charge is -2.11. The maximum atomic E-state index is 4.57. The molecule has 0 aliphatic rings. The van der Waals surface area contributed by atoms with Gasteiger partial charge in [0, 0.05) is 12.2 Å². The second-order valence-corrected chi connectivity index (χ2v) is 4.11. The molecular weight excluding hydrogens is 236 g/mol. The number of anilines is 1. The maximum absolute atomic E-state index is 4.57. The van der Waals surface area contributed by atoms with Crippen molar-refractivity contribution in [2.75, 3.05) is 11.9 Å². The zero-order chi connectivity index (χ0) is 14.4. The lowest BCUT2D eigenvalue weighted by atomic mass is 10.1. The second kappa shape index (κ2) is 7.02. The van der Waals surface area contributed by atoms with Gasteiger partial charge in [0.15, 0.2) is 0 Å². The van der Waals surface area contributed by atoms with Crippen LogP contribution < -0.4 is 5.32 Å². The molecule has 4 heteroatoms. The molecule has 1 N–H and O–H groups in total. The van der Waals surface area contributed by atoms with Crippen LogP contribution in [0.4, 0.5) is 5.82 Å². The first-order valence-electron chi connectivity index (χ1n) is 7.04. The maximum Gasteiger partial charge on any atom is 0.139 e. The van der Waals surface area contributed by atoms with Crippen molar-refractivity contribution in [3.05, 3.63) is 23.3 Å². The van der Waals surface area contributed by atoms with Gasteiger partial charge in [-0.15, -0.1) is 0 Å². The first kappa shape index (κ1) is 15.3. The van der Waals surface area contributed by atoms with E-state index in [0.717, 1.165) is 46.9 Å². The van der Waals surface area contributed by atoms with Gasteiger partial charge in [0.25, 0.3) is 0 Å². The number of aromatic nitrogens is 3. The van der Waals surface area contributed by atoms with Crippen molar-refractivity contribution in [2.24, 2.45) is 0 Å². The summed E-state index contributed by atoms with van der Waals surface area (Å²) in [6.45, 7) is 12.9. The van der Waals surface area contributed by atoms with Crippen molar-refractivity contribution >= 4 is 16.7 Å². The Morgan fingerprint density at radius 1 is 1.05 bits per heavy atom. The number of pyridine rings is 1. The highest BCUT2D eigenvalue weighted by molar-refractivity contribution is 5.91. The minimum atomic E-state index is 0.793. The standard InChI is InChI=1S/C13H18N4.C2H6/c1-5-10-12-11(7-8(3)15-10)16-9(4)17-13(12)14-6-2;1-2/h7H,5-6H2,1-4H3,(H,14,16,17);1-2H3. The molecule has 0 spiro atoms. The minimum Gasteiger partial charge on any atom is -0.370 e. The number of hydrogen-bond donors (Lipinski definition) is 1. The zero-order valence-corrected chi connectivity index (χ0v) is 12.8. The summed E-state index contributed by atoms with van der Waals surface area (Å²) >= 11 is 0. The van der Waals surface area contributed by atoms with Gasteiger partial charge in [-0.1, -0.05) is 20.8 Å². The van der Waals surface area contributed by atoms with Crippen molar-refractivity contribution < 1.29 is 0 Å². The summed E-state index contributed by atoms with van der Waals surface area (Å²) in [5, 5.41) is 4.36. The van der Waals surface area contributed by atoms with E-state index in [-0.39, 0.29) is 0 Å². The molecule has 2 aromatic rings. The van der Waals surface area contributed by atoms with Crippen LogP contribution in [0.1, 0.15) is 44.9 Å². The predicted octanol–water partition coefficient (Wildman–Crippen LogP) is 3.66. The smallest absolute Gasteiger partial charge is 0.139 e. The Bertz CT molecular complexity index is 544. The number of nitrogens with zero attached hydrogens (tertiary/aromatic N) is 3. The van der Waals surface area contributed by atoms with Gasteiger partial charge in [-0.05, 0) is 33.3 Å². The summed E-state index contributed by atoms with van der Waals surface area (Å²) in [6, 6.07) is 2.02. The summed E-state index contributed by atoms with van der Waals surface area (Å²) < 4.78 is 0. The van der Waals surface area contributed by atoms with E-state index < -0.39 is 0 Å². The number of aryl methyl sites for hydroxylation is 3. The molecule has 2 aromatic heterocycles. The first-order chi connectivity index (χ1) is 9.15. The summed E-state index contributed by atoms with van der Waals surface area (Å²) in [5.41, 5.74) is 3.06. The summed E-state index contributed by atoms with van der Waals surface area (Å²) in [7, 11) is 0. The number of nitrogens with one attached hydrogen (secondary N) is 1. The van der Waals surface area contributed by atoms with E-state index >= 15 is 0 Å². The average molecular weight is 260 g/mol. The van der Waals surface area contributed by atoms with E-state index in [1.807, 2.05) is 33.8 Å². The Balaban J connectivity index is 0.000000861. The third-order valence-corrected chi connectivity index (χ3v) is 2.67. The molecule has 0 unspecified atom stereocenters. The van der Waals surface area contributed by atoms with Gasteiger partial charge in [-0.2, -0.15) is 0 Å². The fourth-order valence-electron chi connectivity index (χ4n) is 2.03. The second-order valence-electron chi connectivity index (χ2n) is 4.11. The highest BCUT2D eigenvalue weighted by Gasteiger charge is 2.11. The Morgan fingerprint density at radius 2 is 1.74 bits per heavy atom. The molecule has 0 aromatic carbocycles. The van der Waals surface area contributed by atoms with E-state index in [9.17, 15) is 0 Å². The molecule has 0 amide bonds. The molecule has 0 aliphatic heterocycles. The topological polar surface area (TPSA) is 50.7 Å². The molecule has 0 saturated carbocycles. The molecule has 0 fully saturated rings. The van der Waals surface area contributed by atoms with E-state index in [1.54, 1.807) is 0 Å². The Kier molecular flexibility index (Phi) is 5.67.